The van der Waals surface area contributed by atoms with Gasteiger partial charge in [0.15, 0.2) is 0 Å². The van der Waals surface area contributed by atoms with Crippen LogP contribution in [0.25, 0.3) is 6.08 Å². The number of hydrogen-bond acceptors (Lipinski definition) is 0. The van der Waals surface area contributed by atoms with Crippen LogP contribution < -0.4 is 12.4 Å². The van der Waals surface area contributed by atoms with E-state index in [2.05, 4.69) is 0 Å². The average Bonchev–Trinajstić information content (AvgIpc) is 1.90. The Morgan fingerprint density at radius 1 is 1.10 bits per heavy atom. The topological polar surface area (TPSA) is 0 Å². The summed E-state index contributed by atoms with van der Waals surface area (Å²) in [5, 5.41) is 0. The van der Waals surface area contributed by atoms with E-state index < -0.39 is 0 Å². The Morgan fingerprint density at radius 3 is 1.90 bits per heavy atom. The first-order valence-corrected chi connectivity index (χ1v) is 2.53. The van der Waals surface area contributed by atoms with Crippen LogP contribution in [0.2, 0.25) is 0 Å². The molecule has 2 heteroatoms. The Labute approximate surface area is 83.9 Å². The summed E-state index contributed by atoms with van der Waals surface area (Å²) >= 11 is 0. The van der Waals surface area contributed by atoms with E-state index in [0.29, 0.717) is 0 Å². The first-order chi connectivity index (χ1) is 3.93. The molecule has 0 aliphatic rings. The van der Waals surface area contributed by atoms with Crippen molar-refractivity contribution in [3.05, 3.63) is 42.5 Å². The van der Waals surface area contributed by atoms with Gasteiger partial charge in [0.2, 0.25) is 0 Å². The molecular formula is C8H7ClMg. The van der Waals surface area contributed by atoms with Crippen molar-refractivity contribution in [1.82, 2.24) is 0 Å². The maximum Gasteiger partial charge on any atom is 2.00 e. The van der Waals surface area contributed by atoms with Crippen LogP contribution in [0.3, 0.4) is 0 Å². The molecule has 48 valence electrons. The van der Waals surface area contributed by atoms with Gasteiger partial charge in [-0.3, -0.25) is 6.58 Å². The first kappa shape index (κ1) is 12.7. The zero-order chi connectivity index (χ0) is 5.82. The number of benzene rings is 1. The second-order valence-corrected chi connectivity index (χ2v) is 1.58. The second kappa shape index (κ2) is 7.13. The molecule has 0 heterocycles. The zero-order valence-electron chi connectivity index (χ0n) is 5.63. The van der Waals surface area contributed by atoms with Crippen LogP contribution in [-0.4, -0.2) is 23.1 Å². The molecule has 0 radical (unpaired) electrons. The van der Waals surface area contributed by atoms with Crippen molar-refractivity contribution in [3.63, 3.8) is 0 Å². The minimum atomic E-state index is 0. The Balaban J connectivity index is 0. The third kappa shape index (κ3) is 3.93. The molecule has 0 N–H and O–H groups in total. The van der Waals surface area contributed by atoms with Gasteiger partial charge in [0, 0.05) is 0 Å². The SMILES string of the molecule is [CH-]=Cc1ccccc1.[Cl-].[Mg+2]. The number of halogens is 1. The summed E-state index contributed by atoms with van der Waals surface area (Å²) in [5.41, 5.74) is 1.06. The van der Waals surface area contributed by atoms with Crippen LogP contribution in [0, 0.1) is 6.58 Å². The van der Waals surface area contributed by atoms with E-state index in [1.54, 1.807) is 6.08 Å². The van der Waals surface area contributed by atoms with Gasteiger partial charge in [0.05, 0.1) is 0 Å². The normalized spacial score (nSPS) is 6.80. The van der Waals surface area contributed by atoms with Gasteiger partial charge >= 0.3 is 23.1 Å². The minimum Gasteiger partial charge on any atom is -1.00 e. The molecular weight excluding hydrogens is 156 g/mol. The van der Waals surface area contributed by atoms with Gasteiger partial charge in [-0.2, -0.15) is 5.56 Å². The van der Waals surface area contributed by atoms with Crippen molar-refractivity contribution in [1.29, 1.82) is 0 Å². The molecule has 0 spiro atoms. The zero-order valence-corrected chi connectivity index (χ0v) is 7.80. The van der Waals surface area contributed by atoms with Crippen molar-refractivity contribution in [2.24, 2.45) is 0 Å². The standard InChI is InChI=1S/C8H7.ClH.Mg/c1-2-8-6-4-3-5-7-8;;/h1-7H;1H;/q-1;;+2/p-1. The van der Waals surface area contributed by atoms with E-state index in [0.717, 1.165) is 5.56 Å². The quantitative estimate of drug-likeness (QED) is 0.358. The molecule has 1 rings (SSSR count). The smallest absolute Gasteiger partial charge is 1.00 e. The average molecular weight is 163 g/mol. The van der Waals surface area contributed by atoms with Crippen LogP contribution in [0.1, 0.15) is 5.56 Å². The summed E-state index contributed by atoms with van der Waals surface area (Å²) < 4.78 is 0. The van der Waals surface area contributed by atoms with Gasteiger partial charge in [0.25, 0.3) is 0 Å². The third-order valence-corrected chi connectivity index (χ3v) is 0.992. The van der Waals surface area contributed by atoms with Crippen molar-refractivity contribution in [3.8, 4) is 0 Å². The minimum absolute atomic E-state index is 0. The Hall–Kier alpha value is 0.0162. The van der Waals surface area contributed by atoms with Crippen LogP contribution >= 0.6 is 0 Å². The second-order valence-electron chi connectivity index (χ2n) is 1.58. The molecule has 0 bridgehead atoms. The molecule has 0 amide bonds. The van der Waals surface area contributed by atoms with Crippen LogP contribution in [-0.2, 0) is 0 Å². The maximum atomic E-state index is 5.22. The molecule has 0 nitrogen and oxygen atoms in total. The van der Waals surface area contributed by atoms with Crippen LogP contribution in [0.4, 0.5) is 0 Å². The molecule has 1 aromatic carbocycles. The molecule has 0 aliphatic heterocycles. The summed E-state index contributed by atoms with van der Waals surface area (Å²) in [6.07, 6.45) is 1.58. The van der Waals surface area contributed by atoms with E-state index in [1.807, 2.05) is 30.3 Å². The van der Waals surface area contributed by atoms with Gasteiger partial charge in [-0.15, -0.1) is 12.1 Å². The van der Waals surface area contributed by atoms with Crippen molar-refractivity contribution in [2.45, 2.75) is 0 Å². The Morgan fingerprint density at radius 2 is 1.60 bits per heavy atom. The van der Waals surface area contributed by atoms with E-state index in [1.165, 1.54) is 0 Å². The molecule has 0 aliphatic carbocycles. The molecule has 1 aromatic rings. The van der Waals surface area contributed by atoms with Crippen molar-refractivity contribution in [2.75, 3.05) is 0 Å². The fraction of sp³-hybridized carbons (Fsp3) is 0. The van der Waals surface area contributed by atoms with Crippen molar-refractivity contribution >= 4 is 29.1 Å². The predicted molar refractivity (Wildman–Crippen MR) is 41.0 cm³/mol. The first-order valence-electron chi connectivity index (χ1n) is 2.53. The van der Waals surface area contributed by atoms with Gasteiger partial charge in [-0.25, -0.2) is 6.08 Å². The van der Waals surface area contributed by atoms with E-state index >= 15 is 0 Å². The monoisotopic (exact) mass is 162 g/mol. The van der Waals surface area contributed by atoms with E-state index in [-0.39, 0.29) is 35.5 Å². The fourth-order valence-corrected chi connectivity index (χ4v) is 0.564. The predicted octanol–water partition coefficient (Wildman–Crippen LogP) is -1.24. The summed E-state index contributed by atoms with van der Waals surface area (Å²) in [7, 11) is 0. The molecule has 0 atom stereocenters. The molecule has 0 saturated carbocycles. The summed E-state index contributed by atoms with van der Waals surface area (Å²) in [5.74, 6) is 0. The maximum absolute atomic E-state index is 5.22. The van der Waals surface area contributed by atoms with Crippen molar-refractivity contribution < 1.29 is 12.4 Å². The van der Waals surface area contributed by atoms with Gasteiger partial charge in [0.1, 0.15) is 0 Å². The largest absolute Gasteiger partial charge is 2.00 e. The van der Waals surface area contributed by atoms with Crippen LogP contribution in [0.15, 0.2) is 30.3 Å². The summed E-state index contributed by atoms with van der Waals surface area (Å²) in [6.45, 7) is 5.22. The van der Waals surface area contributed by atoms with Gasteiger partial charge < -0.3 is 12.4 Å². The molecule has 10 heavy (non-hydrogen) atoms. The summed E-state index contributed by atoms with van der Waals surface area (Å²) in [6, 6.07) is 9.80. The Bertz CT molecular complexity index is 172. The Kier molecular flexibility index (Phi) is 9.03. The summed E-state index contributed by atoms with van der Waals surface area (Å²) in [4.78, 5) is 0. The van der Waals surface area contributed by atoms with Gasteiger partial charge in [-0.1, -0.05) is 18.2 Å². The third-order valence-electron chi connectivity index (χ3n) is 0.992. The number of rotatable bonds is 1. The molecule has 0 unspecified atom stereocenters. The van der Waals surface area contributed by atoms with E-state index in [4.69, 9.17) is 6.58 Å². The molecule has 0 saturated heterocycles. The van der Waals surface area contributed by atoms with Crippen LogP contribution in [0.5, 0.6) is 0 Å². The number of hydrogen-bond donors (Lipinski definition) is 0. The van der Waals surface area contributed by atoms with E-state index in [9.17, 15) is 0 Å². The van der Waals surface area contributed by atoms with Gasteiger partial charge in [-0.05, 0) is 0 Å². The molecule has 0 aromatic heterocycles. The fourth-order valence-electron chi connectivity index (χ4n) is 0.564. The molecule has 0 fully saturated rings.